The molecule has 0 saturated carbocycles. The van der Waals surface area contributed by atoms with Gasteiger partial charge < -0.3 is 0 Å². The fourth-order valence-corrected chi connectivity index (χ4v) is 4.67. The van der Waals surface area contributed by atoms with Gasteiger partial charge in [0.1, 0.15) is 0 Å². The van der Waals surface area contributed by atoms with Crippen molar-refractivity contribution in [2.45, 2.75) is 0 Å². The van der Waals surface area contributed by atoms with Gasteiger partial charge >= 0.3 is 141 Å². The molecule has 0 aliphatic rings. The fourth-order valence-electron chi connectivity index (χ4n) is 2.89. The number of anilines is 2. The van der Waals surface area contributed by atoms with E-state index in [0.29, 0.717) is 14.5 Å². The van der Waals surface area contributed by atoms with Gasteiger partial charge in [-0.2, -0.15) is 0 Å². The van der Waals surface area contributed by atoms with E-state index in [4.69, 9.17) is 11.5 Å². The van der Waals surface area contributed by atoms with Crippen LogP contribution in [0.25, 0.3) is 33.0 Å². The number of fused-ring (bicyclic) bond motifs is 1. The van der Waals surface area contributed by atoms with E-state index in [1.807, 2.05) is 24.3 Å². The standard InChI is InChI=1S/C20H16N2Se/c21-15-5-1-13(2-6-15)17-9-10-18(20-12-23-11-19(17)20)14-3-7-16(22)8-4-14/h1-12H,21-22H2. The minimum absolute atomic E-state index is 0.412. The van der Waals surface area contributed by atoms with Crippen LogP contribution in [-0.2, 0) is 0 Å². The van der Waals surface area contributed by atoms with E-state index >= 15 is 0 Å². The van der Waals surface area contributed by atoms with E-state index in [2.05, 4.69) is 46.3 Å². The fraction of sp³-hybridized carbons (Fsp3) is 0. The van der Waals surface area contributed by atoms with Gasteiger partial charge in [0.2, 0.25) is 0 Å². The first-order chi connectivity index (χ1) is 11.2. The predicted octanol–water partition coefficient (Wildman–Crippen LogP) is 4.40. The molecule has 0 aliphatic heterocycles. The second-order valence-corrected chi connectivity index (χ2v) is 7.16. The van der Waals surface area contributed by atoms with Gasteiger partial charge in [0.25, 0.3) is 0 Å². The summed E-state index contributed by atoms with van der Waals surface area (Å²) in [5.74, 6) is 0. The van der Waals surface area contributed by atoms with Crippen LogP contribution in [-0.4, -0.2) is 14.5 Å². The summed E-state index contributed by atoms with van der Waals surface area (Å²) in [6.45, 7) is 0. The Labute approximate surface area is 141 Å². The van der Waals surface area contributed by atoms with E-state index in [1.165, 1.54) is 33.0 Å². The maximum absolute atomic E-state index is 5.81. The van der Waals surface area contributed by atoms with Crippen LogP contribution in [0.15, 0.2) is 70.5 Å². The Kier molecular flexibility index (Phi) is 3.45. The van der Waals surface area contributed by atoms with E-state index in [-0.39, 0.29) is 0 Å². The van der Waals surface area contributed by atoms with E-state index in [9.17, 15) is 0 Å². The number of benzene rings is 3. The molecule has 4 aromatic rings. The van der Waals surface area contributed by atoms with Crippen LogP contribution in [0.5, 0.6) is 0 Å². The van der Waals surface area contributed by atoms with Crippen LogP contribution in [0.4, 0.5) is 11.4 Å². The molecule has 3 aromatic carbocycles. The Balaban J connectivity index is 1.91. The van der Waals surface area contributed by atoms with Crippen LogP contribution >= 0.6 is 0 Å². The van der Waals surface area contributed by atoms with Gasteiger partial charge in [-0.3, -0.25) is 0 Å². The Hall–Kier alpha value is -2.48. The molecule has 0 atom stereocenters. The summed E-state index contributed by atoms with van der Waals surface area (Å²) >= 11 is 0.412. The zero-order chi connectivity index (χ0) is 15.8. The van der Waals surface area contributed by atoms with Crippen molar-refractivity contribution in [3.63, 3.8) is 0 Å². The van der Waals surface area contributed by atoms with Crippen molar-refractivity contribution in [3.05, 3.63) is 70.5 Å². The topological polar surface area (TPSA) is 52.0 Å². The first kappa shape index (κ1) is 14.1. The molecule has 1 aromatic heterocycles. The molecule has 0 unspecified atom stereocenters. The van der Waals surface area contributed by atoms with E-state index in [1.54, 1.807) is 0 Å². The average molecular weight is 363 g/mol. The molecule has 2 nitrogen and oxygen atoms in total. The van der Waals surface area contributed by atoms with Crippen molar-refractivity contribution in [1.82, 2.24) is 0 Å². The SMILES string of the molecule is Nc1ccc(-c2ccc(-c3ccc(N)cc3)c3c[se]cc23)cc1. The van der Waals surface area contributed by atoms with Crippen molar-refractivity contribution in [2.75, 3.05) is 11.5 Å². The number of nitrogen functional groups attached to an aromatic ring is 2. The van der Waals surface area contributed by atoms with Crippen LogP contribution in [0.1, 0.15) is 0 Å². The zero-order valence-electron chi connectivity index (χ0n) is 12.5. The van der Waals surface area contributed by atoms with Gasteiger partial charge in [-0.25, -0.2) is 0 Å². The predicted molar refractivity (Wildman–Crippen MR) is 101 cm³/mol. The first-order valence-electron chi connectivity index (χ1n) is 7.43. The third-order valence-corrected chi connectivity index (χ3v) is 5.66. The number of hydrogen-bond donors (Lipinski definition) is 2. The van der Waals surface area contributed by atoms with Gasteiger partial charge in [0, 0.05) is 0 Å². The molecule has 3 heteroatoms. The van der Waals surface area contributed by atoms with Gasteiger partial charge in [0.05, 0.1) is 0 Å². The molecule has 4 rings (SSSR count). The van der Waals surface area contributed by atoms with E-state index < -0.39 is 0 Å². The Morgan fingerprint density at radius 1 is 0.522 bits per heavy atom. The first-order valence-corrected chi connectivity index (χ1v) is 9.41. The molecule has 0 fully saturated rings. The Morgan fingerprint density at radius 3 is 1.30 bits per heavy atom. The summed E-state index contributed by atoms with van der Waals surface area (Å²) in [7, 11) is 0. The molecular weight excluding hydrogens is 347 g/mol. The van der Waals surface area contributed by atoms with Gasteiger partial charge in [-0.05, 0) is 0 Å². The Morgan fingerprint density at radius 2 is 0.913 bits per heavy atom. The number of hydrogen-bond acceptors (Lipinski definition) is 2. The molecule has 0 bridgehead atoms. The summed E-state index contributed by atoms with van der Waals surface area (Å²) in [4.78, 5) is 4.71. The quantitative estimate of drug-likeness (QED) is 0.410. The van der Waals surface area contributed by atoms with Gasteiger partial charge in [-0.1, -0.05) is 0 Å². The summed E-state index contributed by atoms with van der Waals surface area (Å²) in [6.07, 6.45) is 0. The number of rotatable bonds is 2. The molecule has 1 heterocycles. The van der Waals surface area contributed by atoms with Gasteiger partial charge in [-0.15, -0.1) is 0 Å². The summed E-state index contributed by atoms with van der Waals surface area (Å²) in [6, 6.07) is 20.6. The summed E-state index contributed by atoms with van der Waals surface area (Å²) in [5.41, 5.74) is 18.2. The molecule has 112 valence electrons. The second-order valence-electron chi connectivity index (χ2n) is 5.60. The Bertz CT molecular complexity index is 887. The van der Waals surface area contributed by atoms with Crippen LogP contribution < -0.4 is 11.5 Å². The van der Waals surface area contributed by atoms with Crippen molar-refractivity contribution < 1.29 is 0 Å². The molecule has 0 amide bonds. The molecular formula is C20H16N2Se. The molecule has 0 radical (unpaired) electrons. The monoisotopic (exact) mass is 364 g/mol. The van der Waals surface area contributed by atoms with Crippen molar-refractivity contribution >= 4 is 36.7 Å². The third-order valence-electron chi connectivity index (χ3n) is 4.10. The van der Waals surface area contributed by atoms with Crippen LogP contribution in [0.3, 0.4) is 0 Å². The summed E-state index contributed by atoms with van der Waals surface area (Å²) in [5, 5.41) is 2.67. The van der Waals surface area contributed by atoms with E-state index in [0.717, 1.165) is 11.4 Å². The zero-order valence-corrected chi connectivity index (χ0v) is 14.2. The molecule has 0 spiro atoms. The van der Waals surface area contributed by atoms with Crippen molar-refractivity contribution in [3.8, 4) is 22.3 Å². The van der Waals surface area contributed by atoms with Crippen LogP contribution in [0, 0.1) is 0 Å². The molecule has 4 N–H and O–H groups in total. The van der Waals surface area contributed by atoms with Gasteiger partial charge in [0.15, 0.2) is 0 Å². The summed E-state index contributed by atoms with van der Waals surface area (Å²) < 4.78 is 0. The van der Waals surface area contributed by atoms with Crippen molar-refractivity contribution in [2.24, 2.45) is 0 Å². The molecule has 0 saturated heterocycles. The molecule has 0 aliphatic carbocycles. The number of nitrogens with two attached hydrogens (primary N) is 2. The van der Waals surface area contributed by atoms with Crippen LogP contribution in [0.2, 0.25) is 0 Å². The second kappa shape index (κ2) is 5.62. The molecule has 23 heavy (non-hydrogen) atoms. The van der Waals surface area contributed by atoms with Crippen molar-refractivity contribution in [1.29, 1.82) is 0 Å². The minimum atomic E-state index is 0.412. The average Bonchev–Trinajstić information content (AvgIpc) is 3.05. The third kappa shape index (κ3) is 2.54. The normalized spacial score (nSPS) is 11.0. The maximum atomic E-state index is 5.81.